The van der Waals surface area contributed by atoms with Crippen LogP contribution in [-0.2, 0) is 26.2 Å². The number of halogens is 2. The normalized spacial score (nSPS) is 12.4. The van der Waals surface area contributed by atoms with E-state index in [1.165, 1.54) is 48.4 Å². The monoisotopic (exact) mass is 589 g/mol. The van der Waals surface area contributed by atoms with Crippen LogP contribution in [0.25, 0.3) is 0 Å². The summed E-state index contributed by atoms with van der Waals surface area (Å²) in [6, 6.07) is 16.3. The Balaban J connectivity index is 2.03. The van der Waals surface area contributed by atoms with Gasteiger partial charge in [-0.15, -0.1) is 0 Å². The Labute approximate surface area is 239 Å². The van der Waals surface area contributed by atoms with Crippen LogP contribution in [0.15, 0.2) is 77.7 Å². The van der Waals surface area contributed by atoms with Crippen LogP contribution < -0.4 is 14.4 Å². The lowest BCUT2D eigenvalue weighted by Crippen LogP contribution is -2.54. The number of methoxy groups -OCH3 is 1. The molecular weight excluding hydrogens is 557 g/mol. The summed E-state index contributed by atoms with van der Waals surface area (Å²) in [6.07, 6.45) is 0. The van der Waals surface area contributed by atoms with E-state index in [0.717, 1.165) is 16.4 Å². The minimum Gasteiger partial charge on any atom is -0.497 e. The second kappa shape index (κ2) is 12.7. The highest BCUT2D eigenvalue weighted by Gasteiger charge is 2.33. The van der Waals surface area contributed by atoms with Crippen LogP contribution >= 0.6 is 11.6 Å². The number of sulfonamides is 1. The van der Waals surface area contributed by atoms with Gasteiger partial charge in [0.15, 0.2) is 0 Å². The number of carbonyl (C=O) groups is 2. The molecule has 0 saturated carbocycles. The summed E-state index contributed by atoms with van der Waals surface area (Å²) >= 11 is 6.02. The number of hydrogen-bond acceptors (Lipinski definition) is 5. The number of nitrogens with one attached hydrogen (secondary N) is 1. The molecule has 3 rings (SSSR count). The van der Waals surface area contributed by atoms with E-state index in [0.29, 0.717) is 16.3 Å². The third-order valence-electron chi connectivity index (χ3n) is 5.97. The van der Waals surface area contributed by atoms with Crippen LogP contribution in [0, 0.1) is 5.82 Å². The van der Waals surface area contributed by atoms with Gasteiger partial charge in [0.1, 0.15) is 24.2 Å². The molecule has 11 heteroatoms. The Bertz CT molecular complexity index is 1420. The minimum absolute atomic E-state index is 0.0224. The number of anilines is 1. The molecule has 0 saturated heterocycles. The number of hydrogen-bond donors (Lipinski definition) is 1. The molecule has 40 heavy (non-hydrogen) atoms. The van der Waals surface area contributed by atoms with Crippen molar-refractivity contribution in [1.82, 2.24) is 10.2 Å². The molecule has 1 N–H and O–H groups in total. The smallest absolute Gasteiger partial charge is 0.264 e. The molecular formula is C29H33ClFN3O5S. The predicted octanol–water partition coefficient (Wildman–Crippen LogP) is 5.02. The number of nitrogens with zero attached hydrogens (tertiary/aromatic N) is 2. The maximum absolute atomic E-state index is 13.9. The van der Waals surface area contributed by atoms with Crippen molar-refractivity contribution in [1.29, 1.82) is 0 Å². The van der Waals surface area contributed by atoms with Crippen molar-refractivity contribution >= 4 is 39.1 Å². The second-order valence-electron chi connectivity index (χ2n) is 10.2. The molecule has 0 aliphatic carbocycles. The summed E-state index contributed by atoms with van der Waals surface area (Å²) in [7, 11) is -2.83. The molecule has 0 radical (unpaired) electrons. The van der Waals surface area contributed by atoms with Gasteiger partial charge in [0, 0.05) is 17.1 Å². The fraction of sp³-hybridized carbons (Fsp3) is 0.310. The first-order valence-electron chi connectivity index (χ1n) is 12.5. The predicted molar refractivity (Wildman–Crippen MR) is 153 cm³/mol. The topological polar surface area (TPSA) is 96.0 Å². The molecule has 3 aromatic rings. The second-order valence-corrected chi connectivity index (χ2v) is 12.5. The van der Waals surface area contributed by atoms with Gasteiger partial charge in [-0.3, -0.25) is 13.9 Å². The molecule has 2 amide bonds. The maximum atomic E-state index is 13.9. The summed E-state index contributed by atoms with van der Waals surface area (Å²) < 4.78 is 47.3. The van der Waals surface area contributed by atoms with Crippen molar-refractivity contribution in [2.24, 2.45) is 0 Å². The fourth-order valence-electron chi connectivity index (χ4n) is 3.85. The van der Waals surface area contributed by atoms with Gasteiger partial charge in [-0.25, -0.2) is 12.8 Å². The van der Waals surface area contributed by atoms with Crippen LogP contribution in [0.5, 0.6) is 5.75 Å². The molecule has 0 bridgehead atoms. The number of carbonyl (C=O) groups excluding carboxylic acids is 2. The standard InChI is InChI=1S/C29H33ClFN3O5S/c1-20(28(36)32-29(2,3)4)33(18-21-6-8-22(30)9-7-21)27(35)19-34(24-12-10-23(31)11-13-24)40(37,38)26-16-14-25(39-5)15-17-26/h6-17,20H,18-19H2,1-5H3,(H,32,36)/t20-/m0/s1. The molecule has 0 spiro atoms. The third-order valence-corrected chi connectivity index (χ3v) is 8.01. The van der Waals surface area contributed by atoms with E-state index in [-0.39, 0.29) is 17.1 Å². The van der Waals surface area contributed by atoms with E-state index in [1.54, 1.807) is 31.2 Å². The highest BCUT2D eigenvalue weighted by atomic mass is 35.5. The highest BCUT2D eigenvalue weighted by molar-refractivity contribution is 7.92. The Morgan fingerprint density at radius 2 is 1.55 bits per heavy atom. The van der Waals surface area contributed by atoms with Crippen LogP contribution in [0.1, 0.15) is 33.3 Å². The van der Waals surface area contributed by atoms with Crippen molar-refractivity contribution in [3.8, 4) is 5.75 Å². The largest absolute Gasteiger partial charge is 0.497 e. The maximum Gasteiger partial charge on any atom is 0.264 e. The quantitative estimate of drug-likeness (QED) is 0.358. The zero-order valence-electron chi connectivity index (χ0n) is 23.0. The Kier molecular flexibility index (Phi) is 9.81. The SMILES string of the molecule is COc1ccc(S(=O)(=O)N(CC(=O)N(Cc2ccc(Cl)cc2)[C@@H](C)C(=O)NC(C)(C)C)c2ccc(F)cc2)cc1. The molecule has 3 aromatic carbocycles. The third kappa shape index (κ3) is 7.95. The summed E-state index contributed by atoms with van der Waals surface area (Å²) in [5.41, 5.74) is 0.223. The van der Waals surface area contributed by atoms with Crippen molar-refractivity contribution < 1.29 is 27.1 Å². The van der Waals surface area contributed by atoms with Gasteiger partial charge in [0.25, 0.3) is 10.0 Å². The fourth-order valence-corrected chi connectivity index (χ4v) is 5.39. The van der Waals surface area contributed by atoms with Gasteiger partial charge in [0.05, 0.1) is 17.7 Å². The Morgan fingerprint density at radius 1 is 0.975 bits per heavy atom. The number of amides is 2. The molecule has 0 aliphatic heterocycles. The zero-order chi connectivity index (χ0) is 29.7. The summed E-state index contributed by atoms with van der Waals surface area (Å²) in [4.78, 5) is 28.2. The number of ether oxygens (including phenoxy) is 1. The van der Waals surface area contributed by atoms with Gasteiger partial charge in [-0.2, -0.15) is 0 Å². The number of rotatable bonds is 10. The van der Waals surface area contributed by atoms with E-state index < -0.39 is 45.8 Å². The van der Waals surface area contributed by atoms with E-state index in [4.69, 9.17) is 16.3 Å². The lowest BCUT2D eigenvalue weighted by atomic mass is 10.1. The first kappa shape index (κ1) is 30.9. The van der Waals surface area contributed by atoms with Gasteiger partial charge >= 0.3 is 0 Å². The van der Waals surface area contributed by atoms with Crippen molar-refractivity contribution in [2.75, 3.05) is 18.0 Å². The highest BCUT2D eigenvalue weighted by Crippen LogP contribution is 2.26. The molecule has 1 atom stereocenters. The van der Waals surface area contributed by atoms with E-state index in [2.05, 4.69) is 5.32 Å². The first-order chi connectivity index (χ1) is 18.7. The zero-order valence-corrected chi connectivity index (χ0v) is 24.6. The molecule has 0 aliphatic rings. The van der Waals surface area contributed by atoms with Gasteiger partial charge in [0.2, 0.25) is 11.8 Å². The van der Waals surface area contributed by atoms with Crippen molar-refractivity contribution in [3.63, 3.8) is 0 Å². The van der Waals surface area contributed by atoms with Gasteiger partial charge in [-0.1, -0.05) is 23.7 Å². The van der Waals surface area contributed by atoms with Crippen LogP contribution in [0.2, 0.25) is 5.02 Å². The van der Waals surface area contributed by atoms with Crippen LogP contribution in [0.3, 0.4) is 0 Å². The van der Waals surface area contributed by atoms with Crippen molar-refractivity contribution in [3.05, 3.63) is 89.2 Å². The van der Waals surface area contributed by atoms with Gasteiger partial charge < -0.3 is 15.0 Å². The Morgan fingerprint density at radius 3 is 2.08 bits per heavy atom. The number of benzene rings is 3. The molecule has 0 fully saturated rings. The lowest BCUT2D eigenvalue weighted by Gasteiger charge is -2.33. The minimum atomic E-state index is -4.28. The van der Waals surface area contributed by atoms with Crippen LogP contribution in [0.4, 0.5) is 10.1 Å². The first-order valence-corrected chi connectivity index (χ1v) is 14.3. The average Bonchev–Trinajstić information content (AvgIpc) is 2.90. The van der Waals surface area contributed by atoms with E-state index in [1.807, 2.05) is 20.8 Å². The van der Waals surface area contributed by atoms with Gasteiger partial charge in [-0.05, 0) is 93.9 Å². The van der Waals surface area contributed by atoms with Crippen LogP contribution in [-0.4, -0.2) is 50.4 Å². The van der Waals surface area contributed by atoms with E-state index in [9.17, 15) is 22.4 Å². The lowest BCUT2D eigenvalue weighted by molar-refractivity contribution is -0.140. The molecule has 0 heterocycles. The summed E-state index contributed by atoms with van der Waals surface area (Å²) in [5.74, 6) is -1.14. The summed E-state index contributed by atoms with van der Waals surface area (Å²) in [5, 5.41) is 3.38. The molecule has 0 unspecified atom stereocenters. The molecule has 8 nitrogen and oxygen atoms in total. The average molecular weight is 590 g/mol. The Hall–Kier alpha value is -3.63. The van der Waals surface area contributed by atoms with Crippen molar-refractivity contribution in [2.45, 2.75) is 50.7 Å². The summed E-state index contributed by atoms with van der Waals surface area (Å²) in [6.45, 7) is 6.42. The molecule has 0 aromatic heterocycles. The van der Waals surface area contributed by atoms with E-state index >= 15 is 0 Å². The molecule has 214 valence electrons.